The highest BCUT2D eigenvalue weighted by atomic mass is 79.9. The van der Waals surface area contributed by atoms with E-state index in [0.29, 0.717) is 4.88 Å². The summed E-state index contributed by atoms with van der Waals surface area (Å²) in [6.45, 7) is 3.94. The normalized spacial score (nSPS) is 10.8. The van der Waals surface area contributed by atoms with Crippen LogP contribution in [0.2, 0.25) is 0 Å². The Balaban J connectivity index is 2.55. The van der Waals surface area contributed by atoms with Gasteiger partial charge in [-0.3, -0.25) is 0 Å². The summed E-state index contributed by atoms with van der Waals surface area (Å²) in [4.78, 5) is 12.1. The number of terminal acetylenes is 1. The van der Waals surface area contributed by atoms with E-state index in [0.717, 1.165) is 3.79 Å². The Morgan fingerprint density at radius 1 is 1.67 bits per heavy atom. The van der Waals surface area contributed by atoms with Gasteiger partial charge in [0.15, 0.2) is 0 Å². The number of carbonyl (C=O) groups excluding carboxylic acids is 1. The largest absolute Gasteiger partial charge is 0.460 e. The van der Waals surface area contributed by atoms with E-state index in [2.05, 4.69) is 21.9 Å². The van der Waals surface area contributed by atoms with Crippen LogP contribution in [0.5, 0.6) is 0 Å². The number of thiophene rings is 1. The second kappa shape index (κ2) is 4.82. The van der Waals surface area contributed by atoms with E-state index < -0.39 is 5.41 Å². The molecule has 0 radical (unpaired) electrons. The second-order valence-corrected chi connectivity index (χ2v) is 6.17. The van der Waals surface area contributed by atoms with E-state index in [4.69, 9.17) is 11.2 Å². The third kappa shape index (κ3) is 3.69. The lowest BCUT2D eigenvalue weighted by Gasteiger charge is -2.16. The van der Waals surface area contributed by atoms with Crippen molar-refractivity contribution in [3.05, 3.63) is 20.8 Å². The molecule has 0 atom stereocenters. The van der Waals surface area contributed by atoms with Crippen LogP contribution in [0.25, 0.3) is 0 Å². The molecule has 1 rings (SSSR count). The van der Waals surface area contributed by atoms with E-state index in [1.165, 1.54) is 11.3 Å². The summed E-state index contributed by atoms with van der Waals surface area (Å²) in [7, 11) is 0. The molecule has 0 spiro atoms. The number of hydrogen-bond donors (Lipinski definition) is 0. The van der Waals surface area contributed by atoms with Crippen molar-refractivity contribution in [1.29, 1.82) is 0 Å². The lowest BCUT2D eigenvalue weighted by atomic mass is 9.97. The highest BCUT2D eigenvalue weighted by Crippen LogP contribution is 2.23. The lowest BCUT2D eigenvalue weighted by molar-refractivity contribution is 0.0415. The van der Waals surface area contributed by atoms with Crippen molar-refractivity contribution >= 4 is 33.2 Å². The van der Waals surface area contributed by atoms with Crippen molar-refractivity contribution in [2.24, 2.45) is 5.41 Å². The van der Waals surface area contributed by atoms with Gasteiger partial charge in [0.1, 0.15) is 11.5 Å². The van der Waals surface area contributed by atoms with E-state index in [1.54, 1.807) is 6.07 Å². The fraction of sp³-hybridized carbons (Fsp3) is 0.364. The smallest absolute Gasteiger partial charge is 0.348 e. The molecule has 0 bridgehead atoms. The van der Waals surface area contributed by atoms with E-state index >= 15 is 0 Å². The summed E-state index contributed by atoms with van der Waals surface area (Å²) < 4.78 is 6.01. The first-order valence-electron chi connectivity index (χ1n) is 4.35. The van der Waals surface area contributed by atoms with Crippen molar-refractivity contribution in [3.8, 4) is 12.3 Å². The maximum absolute atomic E-state index is 11.5. The predicted molar refractivity (Wildman–Crippen MR) is 64.9 cm³/mol. The van der Waals surface area contributed by atoms with Gasteiger partial charge < -0.3 is 4.74 Å². The van der Waals surface area contributed by atoms with Crippen molar-refractivity contribution in [2.75, 3.05) is 6.61 Å². The molecule has 0 fully saturated rings. The summed E-state index contributed by atoms with van der Waals surface area (Å²) in [5.41, 5.74) is -0.413. The van der Waals surface area contributed by atoms with Gasteiger partial charge in [0, 0.05) is 0 Å². The van der Waals surface area contributed by atoms with Crippen molar-refractivity contribution < 1.29 is 9.53 Å². The van der Waals surface area contributed by atoms with Gasteiger partial charge in [-0.2, -0.15) is 0 Å². The molecule has 1 heterocycles. The SMILES string of the molecule is C#CC(C)(C)COC(=O)c1ccc(Br)s1. The third-order valence-corrected chi connectivity index (χ3v) is 3.33. The Kier molecular flexibility index (Phi) is 3.95. The first-order chi connectivity index (χ1) is 6.94. The molecule has 1 aromatic heterocycles. The average Bonchev–Trinajstić information content (AvgIpc) is 2.61. The zero-order valence-electron chi connectivity index (χ0n) is 8.54. The van der Waals surface area contributed by atoms with E-state index in [1.807, 2.05) is 19.9 Å². The van der Waals surface area contributed by atoms with Crippen LogP contribution >= 0.6 is 27.3 Å². The summed E-state index contributed by atoms with van der Waals surface area (Å²) in [5.74, 6) is 2.25. The van der Waals surface area contributed by atoms with Gasteiger partial charge in [-0.15, -0.1) is 17.8 Å². The molecule has 80 valence electrons. The van der Waals surface area contributed by atoms with Crippen molar-refractivity contribution in [1.82, 2.24) is 0 Å². The van der Waals surface area contributed by atoms with Crippen LogP contribution < -0.4 is 0 Å². The summed E-state index contributed by atoms with van der Waals surface area (Å²) in [5, 5.41) is 0. The molecule has 0 amide bonds. The minimum Gasteiger partial charge on any atom is -0.460 e. The Bertz CT molecular complexity index is 401. The molecule has 0 aliphatic rings. The average molecular weight is 287 g/mol. The number of halogens is 1. The van der Waals surface area contributed by atoms with Crippen LogP contribution in [0, 0.1) is 17.8 Å². The highest BCUT2D eigenvalue weighted by Gasteiger charge is 2.18. The maximum atomic E-state index is 11.5. The molecule has 0 aliphatic heterocycles. The molecule has 0 aliphatic carbocycles. The molecular weight excluding hydrogens is 276 g/mol. The molecule has 0 saturated heterocycles. The van der Waals surface area contributed by atoms with Crippen LogP contribution in [0.1, 0.15) is 23.5 Å². The molecule has 4 heteroatoms. The first-order valence-corrected chi connectivity index (χ1v) is 5.96. The fourth-order valence-electron chi connectivity index (χ4n) is 0.783. The third-order valence-electron chi connectivity index (χ3n) is 1.73. The first kappa shape index (κ1) is 12.3. The van der Waals surface area contributed by atoms with E-state index in [-0.39, 0.29) is 12.6 Å². The van der Waals surface area contributed by atoms with Crippen molar-refractivity contribution in [3.63, 3.8) is 0 Å². The van der Waals surface area contributed by atoms with Crippen LogP contribution in [-0.4, -0.2) is 12.6 Å². The number of rotatable bonds is 3. The van der Waals surface area contributed by atoms with Gasteiger partial charge in [0.2, 0.25) is 0 Å². The quantitative estimate of drug-likeness (QED) is 0.629. The van der Waals surface area contributed by atoms with Gasteiger partial charge >= 0.3 is 5.97 Å². The van der Waals surface area contributed by atoms with Gasteiger partial charge in [-0.1, -0.05) is 5.92 Å². The Morgan fingerprint density at radius 3 is 2.80 bits per heavy atom. The number of hydrogen-bond acceptors (Lipinski definition) is 3. The second-order valence-electron chi connectivity index (χ2n) is 3.71. The number of carbonyl (C=O) groups is 1. The van der Waals surface area contributed by atoms with Gasteiger partial charge in [0.05, 0.1) is 9.20 Å². The topological polar surface area (TPSA) is 26.3 Å². The van der Waals surface area contributed by atoms with Crippen LogP contribution in [0.15, 0.2) is 15.9 Å². The molecule has 0 unspecified atom stereocenters. The van der Waals surface area contributed by atoms with Crippen LogP contribution in [0.4, 0.5) is 0 Å². The van der Waals surface area contributed by atoms with Crippen LogP contribution in [0.3, 0.4) is 0 Å². The molecule has 1 aromatic rings. The standard InChI is InChI=1S/C11H11BrO2S/c1-4-11(2,3)7-14-10(13)8-5-6-9(12)15-8/h1,5-6H,7H2,2-3H3. The van der Waals surface area contributed by atoms with E-state index in [9.17, 15) is 4.79 Å². The van der Waals surface area contributed by atoms with Crippen LogP contribution in [-0.2, 0) is 4.74 Å². The zero-order chi connectivity index (χ0) is 11.5. The number of esters is 1. The summed E-state index contributed by atoms with van der Waals surface area (Å²) in [6.07, 6.45) is 5.29. The van der Waals surface area contributed by atoms with Gasteiger partial charge in [0.25, 0.3) is 0 Å². The fourth-order valence-corrected chi connectivity index (χ4v) is 2.06. The minimum atomic E-state index is -0.413. The molecule has 2 nitrogen and oxygen atoms in total. The van der Waals surface area contributed by atoms with Crippen molar-refractivity contribution in [2.45, 2.75) is 13.8 Å². The predicted octanol–water partition coefficient (Wildman–Crippen LogP) is 3.33. The Hall–Kier alpha value is -0.790. The zero-order valence-corrected chi connectivity index (χ0v) is 10.9. The minimum absolute atomic E-state index is 0.234. The maximum Gasteiger partial charge on any atom is 0.348 e. The lowest BCUT2D eigenvalue weighted by Crippen LogP contribution is -2.19. The van der Waals surface area contributed by atoms with Gasteiger partial charge in [-0.05, 0) is 41.9 Å². The molecular formula is C11H11BrO2S. The number of ether oxygens (including phenoxy) is 1. The molecule has 0 N–H and O–H groups in total. The molecule has 0 saturated carbocycles. The Morgan fingerprint density at radius 2 is 2.33 bits per heavy atom. The molecule has 0 aromatic carbocycles. The van der Waals surface area contributed by atoms with Gasteiger partial charge in [-0.25, -0.2) is 4.79 Å². The summed E-state index contributed by atoms with van der Waals surface area (Å²) >= 11 is 4.63. The monoisotopic (exact) mass is 286 g/mol. The Labute approximate surface area is 102 Å². The molecule has 15 heavy (non-hydrogen) atoms. The highest BCUT2D eigenvalue weighted by molar-refractivity contribution is 9.11. The summed E-state index contributed by atoms with van der Waals surface area (Å²) in [6, 6.07) is 3.54.